The van der Waals surface area contributed by atoms with Crippen molar-refractivity contribution in [1.29, 1.82) is 0 Å². The number of halogens is 1. The van der Waals surface area contributed by atoms with E-state index < -0.39 is 10.0 Å². The number of hydrogen-bond acceptors (Lipinski definition) is 2. The fraction of sp³-hybridized carbons (Fsp3) is 0.500. The molecule has 96 valence electrons. The van der Waals surface area contributed by atoms with Gasteiger partial charge < -0.3 is 0 Å². The highest BCUT2D eigenvalue weighted by molar-refractivity contribution is 9.10. The first-order valence-corrected chi connectivity index (χ1v) is 7.74. The molecule has 1 aromatic carbocycles. The van der Waals surface area contributed by atoms with E-state index in [9.17, 15) is 8.42 Å². The first-order chi connectivity index (χ1) is 7.71. The molecule has 0 aliphatic heterocycles. The van der Waals surface area contributed by atoms with Gasteiger partial charge in [-0.05, 0) is 36.1 Å². The summed E-state index contributed by atoms with van der Waals surface area (Å²) in [5.41, 5.74) is 0.127. The Balaban J connectivity index is 2.66. The van der Waals surface area contributed by atoms with Crippen LogP contribution in [0, 0.1) is 5.41 Å². The van der Waals surface area contributed by atoms with Gasteiger partial charge in [0.25, 0.3) is 0 Å². The molecule has 0 saturated carbocycles. The Morgan fingerprint density at radius 1 is 1.18 bits per heavy atom. The Kier molecular flexibility index (Phi) is 4.75. The second kappa shape index (κ2) is 5.50. The molecule has 0 bridgehead atoms. The molecule has 0 aromatic heterocycles. The van der Waals surface area contributed by atoms with E-state index in [0.717, 1.165) is 10.9 Å². The summed E-state index contributed by atoms with van der Waals surface area (Å²) in [7, 11) is -3.37. The normalized spacial score (nSPS) is 12.7. The van der Waals surface area contributed by atoms with Crippen molar-refractivity contribution in [2.75, 3.05) is 6.54 Å². The van der Waals surface area contributed by atoms with Crippen LogP contribution < -0.4 is 4.72 Å². The molecule has 3 nitrogen and oxygen atoms in total. The van der Waals surface area contributed by atoms with Crippen LogP contribution in [0.25, 0.3) is 0 Å². The summed E-state index contributed by atoms with van der Waals surface area (Å²) in [4.78, 5) is 0.301. The number of nitrogens with one attached hydrogen (secondary N) is 1. The molecule has 0 radical (unpaired) electrons. The largest absolute Gasteiger partial charge is 0.240 e. The van der Waals surface area contributed by atoms with Crippen molar-refractivity contribution in [3.05, 3.63) is 28.7 Å². The topological polar surface area (TPSA) is 46.2 Å². The van der Waals surface area contributed by atoms with Crippen molar-refractivity contribution in [1.82, 2.24) is 4.72 Å². The summed E-state index contributed by atoms with van der Waals surface area (Å²) in [6.45, 7) is 6.71. The smallest absolute Gasteiger partial charge is 0.211 e. The van der Waals surface area contributed by atoms with Gasteiger partial charge in [0, 0.05) is 11.0 Å². The summed E-state index contributed by atoms with van der Waals surface area (Å²) in [6.07, 6.45) is 0.808. The lowest BCUT2D eigenvalue weighted by Crippen LogP contribution is -2.27. The molecule has 1 aromatic rings. The SMILES string of the molecule is CC(C)(C)CCNS(=O)(=O)c1ccc(Br)cc1. The number of benzene rings is 1. The van der Waals surface area contributed by atoms with E-state index in [-0.39, 0.29) is 5.41 Å². The molecule has 0 saturated heterocycles. The predicted octanol–water partition coefficient (Wildman–Crippen LogP) is 3.16. The highest BCUT2D eigenvalue weighted by atomic mass is 79.9. The van der Waals surface area contributed by atoms with Gasteiger partial charge in [-0.2, -0.15) is 0 Å². The molecule has 0 fully saturated rings. The maximum atomic E-state index is 11.9. The molecule has 1 rings (SSSR count). The molecule has 0 spiro atoms. The van der Waals surface area contributed by atoms with Crippen LogP contribution in [-0.2, 0) is 10.0 Å². The van der Waals surface area contributed by atoms with Crippen molar-refractivity contribution in [2.45, 2.75) is 32.1 Å². The zero-order valence-corrected chi connectivity index (χ0v) is 12.7. The molecule has 0 aliphatic carbocycles. The van der Waals surface area contributed by atoms with Gasteiger partial charge in [0.05, 0.1) is 4.90 Å². The van der Waals surface area contributed by atoms with Gasteiger partial charge in [-0.15, -0.1) is 0 Å². The molecule has 0 atom stereocenters. The van der Waals surface area contributed by atoms with Crippen molar-refractivity contribution in [3.8, 4) is 0 Å². The molecule has 1 N–H and O–H groups in total. The molecule has 17 heavy (non-hydrogen) atoms. The van der Waals surface area contributed by atoms with E-state index in [0.29, 0.717) is 11.4 Å². The van der Waals surface area contributed by atoms with Gasteiger partial charge in [-0.1, -0.05) is 36.7 Å². The van der Waals surface area contributed by atoms with Crippen LogP contribution in [0.15, 0.2) is 33.6 Å². The Morgan fingerprint density at radius 3 is 2.18 bits per heavy atom. The summed E-state index contributed by atoms with van der Waals surface area (Å²) in [5.74, 6) is 0. The summed E-state index contributed by atoms with van der Waals surface area (Å²) < 4.78 is 27.3. The van der Waals surface area contributed by atoms with Crippen LogP contribution in [0.3, 0.4) is 0 Å². The minimum atomic E-state index is -3.37. The molecule has 0 amide bonds. The Morgan fingerprint density at radius 2 is 1.71 bits per heavy atom. The lowest BCUT2D eigenvalue weighted by molar-refractivity contribution is 0.378. The van der Waals surface area contributed by atoms with Crippen molar-refractivity contribution in [3.63, 3.8) is 0 Å². The number of rotatable bonds is 4. The molecular formula is C12H18BrNO2S. The lowest BCUT2D eigenvalue weighted by Gasteiger charge is -2.18. The van der Waals surface area contributed by atoms with E-state index in [1.54, 1.807) is 24.3 Å². The van der Waals surface area contributed by atoms with E-state index >= 15 is 0 Å². The Bertz CT molecular complexity index is 460. The number of sulfonamides is 1. The van der Waals surface area contributed by atoms with Crippen LogP contribution in [-0.4, -0.2) is 15.0 Å². The van der Waals surface area contributed by atoms with Gasteiger partial charge in [-0.25, -0.2) is 13.1 Å². The minimum absolute atomic E-state index is 0.127. The third kappa shape index (κ3) is 5.19. The fourth-order valence-corrected chi connectivity index (χ4v) is 2.55. The van der Waals surface area contributed by atoms with Gasteiger partial charge in [0.15, 0.2) is 0 Å². The van der Waals surface area contributed by atoms with Gasteiger partial charge in [-0.3, -0.25) is 0 Å². The maximum absolute atomic E-state index is 11.9. The standard InChI is InChI=1S/C12H18BrNO2S/c1-12(2,3)8-9-14-17(15,16)11-6-4-10(13)5-7-11/h4-7,14H,8-9H2,1-3H3. The highest BCUT2D eigenvalue weighted by Crippen LogP contribution is 2.18. The highest BCUT2D eigenvalue weighted by Gasteiger charge is 2.15. The predicted molar refractivity (Wildman–Crippen MR) is 73.4 cm³/mol. The van der Waals surface area contributed by atoms with Crippen LogP contribution in [0.2, 0.25) is 0 Å². The second-order valence-corrected chi connectivity index (χ2v) is 7.84. The Labute approximate surface area is 112 Å². The van der Waals surface area contributed by atoms with Crippen LogP contribution in [0.1, 0.15) is 27.2 Å². The average Bonchev–Trinajstić information content (AvgIpc) is 2.15. The monoisotopic (exact) mass is 319 g/mol. The van der Waals surface area contributed by atoms with Crippen LogP contribution >= 0.6 is 15.9 Å². The molecule has 0 unspecified atom stereocenters. The van der Waals surface area contributed by atoms with Crippen LogP contribution in [0.4, 0.5) is 0 Å². The third-order valence-corrected chi connectivity index (χ3v) is 4.30. The molecule has 0 aliphatic rings. The van der Waals surface area contributed by atoms with Crippen molar-refractivity contribution in [2.24, 2.45) is 5.41 Å². The zero-order valence-electron chi connectivity index (χ0n) is 10.3. The first-order valence-electron chi connectivity index (χ1n) is 5.46. The Hall–Kier alpha value is -0.390. The van der Waals surface area contributed by atoms with Crippen molar-refractivity contribution < 1.29 is 8.42 Å². The van der Waals surface area contributed by atoms with E-state index in [1.807, 2.05) is 0 Å². The summed E-state index contributed by atoms with van der Waals surface area (Å²) in [5, 5.41) is 0. The molecular weight excluding hydrogens is 302 g/mol. The zero-order chi connectivity index (χ0) is 13.1. The van der Waals surface area contributed by atoms with Gasteiger partial charge in [0.1, 0.15) is 0 Å². The minimum Gasteiger partial charge on any atom is -0.211 e. The van der Waals surface area contributed by atoms with E-state index in [2.05, 4.69) is 41.4 Å². The third-order valence-electron chi connectivity index (χ3n) is 2.29. The summed E-state index contributed by atoms with van der Waals surface area (Å²) >= 11 is 3.28. The van der Waals surface area contributed by atoms with Gasteiger partial charge in [0.2, 0.25) is 10.0 Å². The van der Waals surface area contributed by atoms with Crippen molar-refractivity contribution >= 4 is 26.0 Å². The molecule has 5 heteroatoms. The first kappa shape index (κ1) is 14.7. The number of hydrogen-bond donors (Lipinski definition) is 1. The fourth-order valence-electron chi connectivity index (χ4n) is 1.26. The maximum Gasteiger partial charge on any atom is 0.240 e. The second-order valence-electron chi connectivity index (χ2n) is 5.16. The van der Waals surface area contributed by atoms with Gasteiger partial charge >= 0.3 is 0 Å². The quantitative estimate of drug-likeness (QED) is 0.926. The van der Waals surface area contributed by atoms with Crippen LogP contribution in [0.5, 0.6) is 0 Å². The van der Waals surface area contributed by atoms with E-state index in [1.165, 1.54) is 0 Å². The average molecular weight is 320 g/mol. The van der Waals surface area contributed by atoms with E-state index in [4.69, 9.17) is 0 Å². The lowest BCUT2D eigenvalue weighted by atomic mass is 9.93. The summed E-state index contributed by atoms with van der Waals surface area (Å²) in [6, 6.07) is 6.61. The molecule has 0 heterocycles.